The molecule has 1 aliphatic heterocycles. The average Bonchev–Trinajstić information content (AvgIpc) is 3.20. The van der Waals surface area contributed by atoms with E-state index >= 15 is 0 Å². The summed E-state index contributed by atoms with van der Waals surface area (Å²) in [6.07, 6.45) is 8.90. The first-order valence-electron chi connectivity index (χ1n) is 11.2. The molecule has 5 rings (SSSR count). The minimum absolute atomic E-state index is 0.0204. The first kappa shape index (κ1) is 18.7. The first-order chi connectivity index (χ1) is 13.9. The molecule has 0 spiro atoms. The molecule has 0 amide bonds. The number of hydrogen-bond donors (Lipinski definition) is 0. The molecule has 1 saturated carbocycles. The van der Waals surface area contributed by atoms with E-state index in [-0.39, 0.29) is 10.8 Å². The van der Waals surface area contributed by atoms with Gasteiger partial charge in [-0.3, -0.25) is 0 Å². The summed E-state index contributed by atoms with van der Waals surface area (Å²) in [5, 5.41) is 4.89. The van der Waals surface area contributed by atoms with Crippen molar-refractivity contribution >= 4 is 0 Å². The molecule has 2 heterocycles. The zero-order valence-corrected chi connectivity index (χ0v) is 18.2. The summed E-state index contributed by atoms with van der Waals surface area (Å²) in [5.41, 5.74) is 8.05. The van der Waals surface area contributed by atoms with Crippen LogP contribution in [0.4, 0.5) is 0 Å². The molecule has 0 saturated heterocycles. The van der Waals surface area contributed by atoms with Gasteiger partial charge in [-0.05, 0) is 41.5 Å². The van der Waals surface area contributed by atoms with E-state index in [4.69, 9.17) is 5.10 Å². The summed E-state index contributed by atoms with van der Waals surface area (Å²) >= 11 is 0. The van der Waals surface area contributed by atoms with Crippen molar-refractivity contribution in [2.75, 3.05) is 0 Å². The molecule has 2 heteroatoms. The minimum Gasteiger partial charge on any atom is -0.236 e. The van der Waals surface area contributed by atoms with Gasteiger partial charge in [0, 0.05) is 16.4 Å². The van der Waals surface area contributed by atoms with Crippen LogP contribution in [0.2, 0.25) is 0 Å². The number of benzene rings is 2. The van der Waals surface area contributed by atoms with Crippen molar-refractivity contribution in [3.05, 3.63) is 71.5 Å². The molecule has 0 radical (unpaired) electrons. The van der Waals surface area contributed by atoms with Crippen LogP contribution in [0.25, 0.3) is 16.8 Å². The maximum absolute atomic E-state index is 4.89. The van der Waals surface area contributed by atoms with Crippen LogP contribution in [0.3, 0.4) is 0 Å². The summed E-state index contributed by atoms with van der Waals surface area (Å²) in [6, 6.07) is 17.9. The fourth-order valence-corrected chi connectivity index (χ4v) is 5.52. The molecule has 0 atom stereocenters. The molecular weight excluding hydrogens is 352 g/mol. The standard InChI is InChI=1S/C27H32N2/c1-26(2)23-17-21(19-11-7-5-8-12-19)15-16-24(23)29-25(27(26,3)4)22(18-28-29)20-13-9-6-10-14-20/h6,9-10,13-19H,5,7-8,11-12H2,1-4H3. The van der Waals surface area contributed by atoms with Gasteiger partial charge in [-0.25, -0.2) is 4.68 Å². The highest BCUT2D eigenvalue weighted by atomic mass is 15.3. The molecule has 2 aromatic carbocycles. The van der Waals surface area contributed by atoms with Crippen molar-refractivity contribution in [3.63, 3.8) is 0 Å². The Morgan fingerprint density at radius 1 is 0.862 bits per heavy atom. The highest BCUT2D eigenvalue weighted by Gasteiger charge is 2.48. The molecule has 1 aromatic heterocycles. The Bertz CT molecular complexity index is 1030. The van der Waals surface area contributed by atoms with E-state index in [9.17, 15) is 0 Å². The minimum atomic E-state index is -0.0349. The summed E-state index contributed by atoms with van der Waals surface area (Å²) in [4.78, 5) is 0. The molecule has 29 heavy (non-hydrogen) atoms. The predicted molar refractivity (Wildman–Crippen MR) is 121 cm³/mol. The topological polar surface area (TPSA) is 17.8 Å². The lowest BCUT2D eigenvalue weighted by Gasteiger charge is -2.47. The van der Waals surface area contributed by atoms with Crippen molar-refractivity contribution in [1.82, 2.24) is 9.78 Å². The predicted octanol–water partition coefficient (Wildman–Crippen LogP) is 7.16. The normalized spacial score (nSPS) is 20.1. The van der Waals surface area contributed by atoms with E-state index in [1.54, 1.807) is 0 Å². The molecule has 0 unspecified atom stereocenters. The fourth-order valence-electron chi connectivity index (χ4n) is 5.52. The van der Waals surface area contributed by atoms with Crippen LogP contribution in [0.15, 0.2) is 54.7 Å². The van der Waals surface area contributed by atoms with Gasteiger partial charge in [-0.15, -0.1) is 0 Å². The number of hydrogen-bond acceptors (Lipinski definition) is 1. The second-order valence-electron chi connectivity index (χ2n) is 10.0. The summed E-state index contributed by atoms with van der Waals surface area (Å²) in [6.45, 7) is 9.62. The Kier molecular flexibility index (Phi) is 4.24. The quantitative estimate of drug-likeness (QED) is 0.458. The number of nitrogens with zero attached hydrogens (tertiary/aromatic N) is 2. The summed E-state index contributed by atoms with van der Waals surface area (Å²) in [7, 11) is 0. The summed E-state index contributed by atoms with van der Waals surface area (Å²) < 4.78 is 2.22. The fraction of sp³-hybridized carbons (Fsp3) is 0.444. The highest BCUT2D eigenvalue weighted by molar-refractivity contribution is 5.70. The van der Waals surface area contributed by atoms with Crippen LogP contribution in [0.5, 0.6) is 0 Å². The van der Waals surface area contributed by atoms with Crippen LogP contribution in [0, 0.1) is 0 Å². The Balaban J connectivity index is 1.70. The van der Waals surface area contributed by atoms with Crippen LogP contribution < -0.4 is 0 Å². The lowest BCUT2D eigenvalue weighted by molar-refractivity contribution is 0.275. The maximum atomic E-state index is 4.89. The van der Waals surface area contributed by atoms with Crippen molar-refractivity contribution in [2.24, 2.45) is 0 Å². The van der Waals surface area contributed by atoms with Gasteiger partial charge in [0.2, 0.25) is 0 Å². The molecule has 1 aliphatic carbocycles. The van der Waals surface area contributed by atoms with E-state index < -0.39 is 0 Å². The first-order valence-corrected chi connectivity index (χ1v) is 11.2. The van der Waals surface area contributed by atoms with E-state index in [1.165, 1.54) is 65.7 Å². The third-order valence-electron chi connectivity index (χ3n) is 8.01. The molecule has 150 valence electrons. The molecule has 1 fully saturated rings. The van der Waals surface area contributed by atoms with Gasteiger partial charge in [-0.1, -0.05) is 89.4 Å². The smallest absolute Gasteiger partial charge is 0.0687 e. The van der Waals surface area contributed by atoms with Crippen LogP contribution in [-0.4, -0.2) is 9.78 Å². The molecule has 2 aliphatic rings. The van der Waals surface area contributed by atoms with Gasteiger partial charge in [0.1, 0.15) is 0 Å². The Labute approximate surface area is 175 Å². The monoisotopic (exact) mass is 384 g/mol. The van der Waals surface area contributed by atoms with Crippen LogP contribution >= 0.6 is 0 Å². The lowest BCUT2D eigenvalue weighted by Crippen LogP contribution is -2.46. The van der Waals surface area contributed by atoms with E-state index in [2.05, 4.69) is 87.1 Å². The Morgan fingerprint density at radius 3 is 2.31 bits per heavy atom. The van der Waals surface area contributed by atoms with E-state index in [0.717, 1.165) is 5.92 Å². The van der Waals surface area contributed by atoms with Gasteiger partial charge in [0.05, 0.1) is 17.6 Å². The molecule has 2 nitrogen and oxygen atoms in total. The van der Waals surface area contributed by atoms with E-state index in [0.29, 0.717) is 0 Å². The van der Waals surface area contributed by atoms with Gasteiger partial charge >= 0.3 is 0 Å². The molecule has 0 N–H and O–H groups in total. The second kappa shape index (κ2) is 6.58. The van der Waals surface area contributed by atoms with Crippen molar-refractivity contribution < 1.29 is 0 Å². The van der Waals surface area contributed by atoms with Crippen molar-refractivity contribution in [2.45, 2.75) is 76.5 Å². The third kappa shape index (κ3) is 2.72. The second-order valence-corrected chi connectivity index (χ2v) is 10.0. The van der Waals surface area contributed by atoms with Crippen LogP contribution in [0.1, 0.15) is 82.5 Å². The van der Waals surface area contributed by atoms with Gasteiger partial charge < -0.3 is 0 Å². The zero-order chi connectivity index (χ0) is 20.2. The zero-order valence-electron chi connectivity index (χ0n) is 18.2. The largest absolute Gasteiger partial charge is 0.236 e. The number of aromatic nitrogens is 2. The molecule has 0 bridgehead atoms. The third-order valence-corrected chi connectivity index (χ3v) is 8.01. The highest BCUT2D eigenvalue weighted by Crippen LogP contribution is 2.53. The Morgan fingerprint density at radius 2 is 1.59 bits per heavy atom. The number of fused-ring (bicyclic) bond motifs is 3. The SMILES string of the molecule is CC1(C)c2cc(C3CCCCC3)ccc2-n2ncc(-c3ccccc3)c2C1(C)C. The van der Waals surface area contributed by atoms with Gasteiger partial charge in [0.15, 0.2) is 0 Å². The van der Waals surface area contributed by atoms with Crippen LogP contribution in [-0.2, 0) is 10.8 Å². The van der Waals surface area contributed by atoms with E-state index in [1.807, 2.05) is 0 Å². The molecular formula is C27H32N2. The summed E-state index contributed by atoms with van der Waals surface area (Å²) in [5.74, 6) is 0.729. The van der Waals surface area contributed by atoms with Crippen molar-refractivity contribution in [3.8, 4) is 16.8 Å². The number of rotatable bonds is 2. The van der Waals surface area contributed by atoms with Gasteiger partial charge in [-0.2, -0.15) is 5.10 Å². The average molecular weight is 385 g/mol. The maximum Gasteiger partial charge on any atom is 0.0687 e. The Hall–Kier alpha value is -2.35. The van der Waals surface area contributed by atoms with Gasteiger partial charge in [0.25, 0.3) is 0 Å². The molecule has 3 aromatic rings. The van der Waals surface area contributed by atoms with Crippen molar-refractivity contribution in [1.29, 1.82) is 0 Å². The lowest BCUT2D eigenvalue weighted by atomic mass is 9.59.